The van der Waals surface area contributed by atoms with Gasteiger partial charge in [0.05, 0.1) is 6.10 Å². The Hall–Kier alpha value is -0.780. The number of carbonyl (C=O) groups is 1. The molecule has 1 aromatic rings. The summed E-state index contributed by atoms with van der Waals surface area (Å²) < 4.78 is 6.59. The summed E-state index contributed by atoms with van der Waals surface area (Å²) in [5.41, 5.74) is 6.84. The fourth-order valence-corrected chi connectivity index (χ4v) is 4.15. The van der Waals surface area contributed by atoms with E-state index in [1.807, 2.05) is 36.9 Å². The summed E-state index contributed by atoms with van der Waals surface area (Å²) in [6, 6.07) is 5.85. The quantitative estimate of drug-likeness (QED) is 0.841. The van der Waals surface area contributed by atoms with Gasteiger partial charge in [0, 0.05) is 29.2 Å². The van der Waals surface area contributed by atoms with Gasteiger partial charge in [0.15, 0.2) is 0 Å². The van der Waals surface area contributed by atoms with Gasteiger partial charge in [-0.05, 0) is 56.7 Å². The first kappa shape index (κ1) is 18.6. The molecule has 1 amide bonds. The van der Waals surface area contributed by atoms with E-state index in [0.29, 0.717) is 17.4 Å². The van der Waals surface area contributed by atoms with Crippen molar-refractivity contribution in [1.29, 1.82) is 0 Å². The smallest absolute Gasteiger partial charge is 0.254 e. The molecule has 2 N–H and O–H groups in total. The van der Waals surface area contributed by atoms with Crippen LogP contribution < -0.4 is 10.5 Å². The molecule has 3 unspecified atom stereocenters. The molecule has 0 spiro atoms. The number of hydrogen-bond donors (Lipinski definition) is 1. The molecule has 1 saturated carbocycles. The molecule has 0 bridgehead atoms. The number of ether oxygens (including phenoxy) is 1. The normalized spacial score (nSPS) is 26.1. The first-order chi connectivity index (χ1) is 10.4. The van der Waals surface area contributed by atoms with Crippen molar-refractivity contribution < 1.29 is 9.53 Å². The van der Waals surface area contributed by atoms with Gasteiger partial charge in [-0.15, -0.1) is 12.4 Å². The van der Waals surface area contributed by atoms with E-state index in [0.717, 1.165) is 36.2 Å². The van der Waals surface area contributed by atoms with Gasteiger partial charge < -0.3 is 15.4 Å². The molecule has 2 aliphatic rings. The van der Waals surface area contributed by atoms with Crippen LogP contribution in [0.25, 0.3) is 0 Å². The molecule has 1 aliphatic heterocycles. The Morgan fingerprint density at radius 2 is 2.04 bits per heavy atom. The summed E-state index contributed by atoms with van der Waals surface area (Å²) in [5.74, 6) is 1.86. The van der Waals surface area contributed by atoms with E-state index in [2.05, 4.69) is 15.9 Å². The molecule has 1 aromatic carbocycles. The molecule has 2 fully saturated rings. The number of benzene rings is 1. The first-order valence-corrected chi connectivity index (χ1v) is 8.75. The molecule has 1 heterocycles. The molecule has 3 atom stereocenters. The molecule has 4 nitrogen and oxygen atoms in total. The van der Waals surface area contributed by atoms with E-state index in [9.17, 15) is 4.79 Å². The Kier molecular flexibility index (Phi) is 5.98. The average Bonchev–Trinajstić information content (AvgIpc) is 2.99. The Labute approximate surface area is 152 Å². The molecule has 6 heteroatoms. The van der Waals surface area contributed by atoms with Gasteiger partial charge in [-0.25, -0.2) is 0 Å². The Morgan fingerprint density at radius 3 is 2.70 bits per heavy atom. The van der Waals surface area contributed by atoms with E-state index in [-0.39, 0.29) is 30.5 Å². The standard InChI is InChI=1S/C17H23BrN2O2.ClH/c1-10(2)22-14-6-12(5-13(18)7-14)17(21)20-8-11-3-4-16(19)15(11)9-20;/h5-7,10-11,15-16H,3-4,8-9,19H2,1-2H3;1H. The second-order valence-corrected chi connectivity index (χ2v) is 7.63. The summed E-state index contributed by atoms with van der Waals surface area (Å²) in [4.78, 5) is 14.7. The molecule has 1 saturated heterocycles. The summed E-state index contributed by atoms with van der Waals surface area (Å²) in [7, 11) is 0. The Morgan fingerprint density at radius 1 is 1.30 bits per heavy atom. The van der Waals surface area contributed by atoms with E-state index < -0.39 is 0 Å². The van der Waals surface area contributed by atoms with Crippen LogP contribution in [0.15, 0.2) is 22.7 Å². The van der Waals surface area contributed by atoms with E-state index in [4.69, 9.17) is 10.5 Å². The van der Waals surface area contributed by atoms with Crippen molar-refractivity contribution in [2.45, 2.75) is 38.8 Å². The molecular formula is C17H24BrClN2O2. The van der Waals surface area contributed by atoms with Crippen molar-refractivity contribution in [3.8, 4) is 5.75 Å². The van der Waals surface area contributed by atoms with Gasteiger partial charge in [-0.3, -0.25) is 4.79 Å². The van der Waals surface area contributed by atoms with E-state index in [1.165, 1.54) is 0 Å². The van der Waals surface area contributed by atoms with Crippen molar-refractivity contribution >= 4 is 34.2 Å². The van der Waals surface area contributed by atoms with Crippen molar-refractivity contribution in [2.75, 3.05) is 13.1 Å². The van der Waals surface area contributed by atoms with Crippen LogP contribution in [0.5, 0.6) is 5.75 Å². The topological polar surface area (TPSA) is 55.6 Å². The first-order valence-electron chi connectivity index (χ1n) is 7.96. The predicted octanol–water partition coefficient (Wildman–Crippen LogP) is 3.47. The fourth-order valence-electron chi connectivity index (χ4n) is 3.68. The third-order valence-electron chi connectivity index (χ3n) is 4.69. The number of carbonyl (C=O) groups excluding carboxylic acids is 1. The van der Waals surface area contributed by atoms with Gasteiger partial charge in [0.2, 0.25) is 0 Å². The lowest BCUT2D eigenvalue weighted by Crippen LogP contribution is -2.33. The lowest BCUT2D eigenvalue weighted by Gasteiger charge is -2.19. The Bertz CT molecular complexity index is 582. The average molecular weight is 404 g/mol. The highest BCUT2D eigenvalue weighted by atomic mass is 79.9. The summed E-state index contributed by atoms with van der Waals surface area (Å²) in [6.07, 6.45) is 2.33. The van der Waals surface area contributed by atoms with Crippen LogP contribution in [0.2, 0.25) is 0 Å². The third-order valence-corrected chi connectivity index (χ3v) is 5.15. The van der Waals surface area contributed by atoms with Crippen LogP contribution in [0.1, 0.15) is 37.0 Å². The molecule has 0 aromatic heterocycles. The number of fused-ring (bicyclic) bond motifs is 1. The lowest BCUT2D eigenvalue weighted by molar-refractivity contribution is 0.0778. The summed E-state index contributed by atoms with van der Waals surface area (Å²) >= 11 is 3.47. The largest absolute Gasteiger partial charge is 0.491 e. The van der Waals surface area contributed by atoms with Crippen molar-refractivity contribution in [3.63, 3.8) is 0 Å². The maximum absolute atomic E-state index is 12.8. The number of nitrogens with zero attached hydrogens (tertiary/aromatic N) is 1. The number of likely N-dealkylation sites (tertiary alicyclic amines) is 1. The zero-order chi connectivity index (χ0) is 15.9. The van der Waals surface area contributed by atoms with Gasteiger partial charge in [-0.2, -0.15) is 0 Å². The highest BCUT2D eigenvalue weighted by molar-refractivity contribution is 9.10. The molecule has 0 radical (unpaired) electrons. The third kappa shape index (κ3) is 4.01. The van der Waals surface area contributed by atoms with Crippen LogP contribution in [0.4, 0.5) is 0 Å². The second-order valence-electron chi connectivity index (χ2n) is 6.72. The van der Waals surface area contributed by atoms with Crippen molar-refractivity contribution in [1.82, 2.24) is 4.90 Å². The Balaban J connectivity index is 0.00000192. The van der Waals surface area contributed by atoms with Gasteiger partial charge in [0.25, 0.3) is 5.91 Å². The fraction of sp³-hybridized carbons (Fsp3) is 0.588. The predicted molar refractivity (Wildman–Crippen MR) is 97.2 cm³/mol. The van der Waals surface area contributed by atoms with Crippen molar-refractivity contribution in [3.05, 3.63) is 28.2 Å². The highest BCUT2D eigenvalue weighted by Gasteiger charge is 2.42. The van der Waals surface area contributed by atoms with Crippen molar-refractivity contribution in [2.24, 2.45) is 17.6 Å². The van der Waals surface area contributed by atoms with Gasteiger partial charge >= 0.3 is 0 Å². The summed E-state index contributed by atoms with van der Waals surface area (Å²) in [5, 5.41) is 0. The second kappa shape index (κ2) is 7.41. The van der Waals surface area contributed by atoms with Crippen LogP contribution in [0, 0.1) is 11.8 Å². The maximum Gasteiger partial charge on any atom is 0.254 e. The maximum atomic E-state index is 12.8. The van der Waals surface area contributed by atoms with Crippen LogP contribution in [0.3, 0.4) is 0 Å². The SMILES string of the molecule is CC(C)Oc1cc(Br)cc(C(=O)N2CC3CCC(N)C3C2)c1.Cl. The minimum atomic E-state index is 0. The van der Waals surface area contributed by atoms with E-state index in [1.54, 1.807) is 0 Å². The molecule has 1 aliphatic carbocycles. The van der Waals surface area contributed by atoms with E-state index >= 15 is 0 Å². The van der Waals surface area contributed by atoms with Gasteiger partial charge in [-0.1, -0.05) is 15.9 Å². The number of nitrogens with two attached hydrogens (primary N) is 1. The number of hydrogen-bond acceptors (Lipinski definition) is 3. The monoisotopic (exact) mass is 402 g/mol. The summed E-state index contributed by atoms with van der Waals surface area (Å²) in [6.45, 7) is 5.58. The highest BCUT2D eigenvalue weighted by Crippen LogP contribution is 2.38. The minimum absolute atomic E-state index is 0. The zero-order valence-corrected chi connectivity index (χ0v) is 15.9. The lowest BCUT2D eigenvalue weighted by atomic mass is 9.98. The minimum Gasteiger partial charge on any atom is -0.491 e. The van der Waals surface area contributed by atoms with Gasteiger partial charge in [0.1, 0.15) is 5.75 Å². The molecular weight excluding hydrogens is 380 g/mol. The number of amides is 1. The number of halogens is 2. The van der Waals surface area contributed by atoms with Crippen LogP contribution in [-0.2, 0) is 0 Å². The molecule has 128 valence electrons. The van der Waals surface area contributed by atoms with Crippen LogP contribution >= 0.6 is 28.3 Å². The number of rotatable bonds is 3. The molecule has 3 rings (SSSR count). The van der Waals surface area contributed by atoms with Crippen LogP contribution in [-0.4, -0.2) is 36.0 Å². The molecule has 23 heavy (non-hydrogen) atoms. The zero-order valence-electron chi connectivity index (χ0n) is 13.5.